The Balaban J connectivity index is 0.000000440. The van der Waals surface area contributed by atoms with Crippen LogP contribution in [0, 0.1) is 11.8 Å². The summed E-state index contributed by atoms with van der Waals surface area (Å²) in [6, 6.07) is 10.1. The second kappa shape index (κ2) is 22.6. The van der Waals surface area contributed by atoms with Crippen molar-refractivity contribution in [2.24, 2.45) is 11.8 Å². The highest BCUT2D eigenvalue weighted by molar-refractivity contribution is 5.76. The first-order valence-corrected chi connectivity index (χ1v) is 15.6. The van der Waals surface area contributed by atoms with Crippen LogP contribution in [0.15, 0.2) is 60.7 Å². The van der Waals surface area contributed by atoms with Crippen molar-refractivity contribution in [3.05, 3.63) is 71.8 Å². The standard InChI is InChI=1S/2C18H27NO3/c2*1-14(2)8-6-4-5-7-9-18(21)19-13-15-10-11-16(20)17(12-15)22-3/h2*6,8,10-12,14,20H,4-5,7,9,13H2,1-3H3,(H,19,21)/b8-6+;8-6-. The van der Waals surface area contributed by atoms with Gasteiger partial charge < -0.3 is 30.3 Å². The summed E-state index contributed by atoms with van der Waals surface area (Å²) in [5, 5.41) is 24.8. The zero-order valence-electron chi connectivity index (χ0n) is 27.5. The lowest BCUT2D eigenvalue weighted by Crippen LogP contribution is -2.22. The SMILES string of the molecule is COc1cc(CNC(=O)CCCC/C=C/C(C)C)ccc1O.COc1cc(CNC(=O)CCCC/C=C\C(C)C)ccc1O. The minimum absolute atomic E-state index is 0.0554. The Morgan fingerprint density at radius 3 is 1.41 bits per heavy atom. The van der Waals surface area contributed by atoms with Gasteiger partial charge in [-0.3, -0.25) is 9.59 Å². The lowest BCUT2D eigenvalue weighted by Gasteiger charge is -2.08. The number of aromatic hydroxyl groups is 2. The summed E-state index contributed by atoms with van der Waals surface area (Å²) in [5.74, 6) is 2.34. The van der Waals surface area contributed by atoms with Crippen molar-refractivity contribution in [3.8, 4) is 23.0 Å². The molecule has 2 aromatic carbocycles. The quantitative estimate of drug-likeness (QED) is 0.102. The summed E-state index contributed by atoms with van der Waals surface area (Å²) in [5.41, 5.74) is 1.81. The van der Waals surface area contributed by atoms with Crippen molar-refractivity contribution in [3.63, 3.8) is 0 Å². The highest BCUT2D eigenvalue weighted by Crippen LogP contribution is 2.27. The first-order valence-electron chi connectivity index (χ1n) is 15.6. The van der Waals surface area contributed by atoms with Gasteiger partial charge in [0, 0.05) is 25.9 Å². The molecule has 0 aliphatic heterocycles. The highest BCUT2D eigenvalue weighted by atomic mass is 16.5. The van der Waals surface area contributed by atoms with Gasteiger partial charge in [0.25, 0.3) is 0 Å². The lowest BCUT2D eigenvalue weighted by molar-refractivity contribution is -0.122. The third-order valence-electron chi connectivity index (χ3n) is 6.56. The van der Waals surface area contributed by atoms with Crippen LogP contribution in [0.5, 0.6) is 23.0 Å². The number of hydrogen-bond donors (Lipinski definition) is 4. The monoisotopic (exact) mass is 610 g/mol. The Morgan fingerprint density at radius 2 is 1.07 bits per heavy atom. The van der Waals surface area contributed by atoms with E-state index in [1.165, 1.54) is 14.2 Å². The molecule has 0 saturated heterocycles. The van der Waals surface area contributed by atoms with Crippen LogP contribution in [0.4, 0.5) is 0 Å². The molecule has 2 amide bonds. The van der Waals surface area contributed by atoms with Gasteiger partial charge in [0.15, 0.2) is 23.0 Å². The van der Waals surface area contributed by atoms with Gasteiger partial charge in [0.05, 0.1) is 14.2 Å². The van der Waals surface area contributed by atoms with Gasteiger partial charge in [-0.05, 0) is 85.8 Å². The summed E-state index contributed by atoms with van der Waals surface area (Å²) in [6.07, 6.45) is 15.8. The van der Waals surface area contributed by atoms with Crippen LogP contribution in [0.3, 0.4) is 0 Å². The van der Waals surface area contributed by atoms with Crippen LogP contribution >= 0.6 is 0 Å². The minimum atomic E-state index is 0.0554. The molecule has 0 aliphatic rings. The first kappa shape index (κ1) is 38.1. The second-order valence-electron chi connectivity index (χ2n) is 11.4. The predicted molar refractivity (Wildman–Crippen MR) is 178 cm³/mol. The smallest absolute Gasteiger partial charge is 0.220 e. The molecular weight excluding hydrogens is 556 g/mol. The molecule has 8 heteroatoms. The van der Waals surface area contributed by atoms with Gasteiger partial charge >= 0.3 is 0 Å². The van der Waals surface area contributed by atoms with Crippen molar-refractivity contribution in [2.75, 3.05) is 14.2 Å². The number of nitrogens with one attached hydrogen (secondary N) is 2. The van der Waals surface area contributed by atoms with E-state index in [4.69, 9.17) is 9.47 Å². The van der Waals surface area contributed by atoms with Crippen molar-refractivity contribution >= 4 is 11.8 Å². The Kier molecular flexibility index (Phi) is 19.5. The fraction of sp³-hybridized carbons (Fsp3) is 0.500. The number of allylic oxidation sites excluding steroid dienone is 4. The average Bonchev–Trinajstić information content (AvgIpc) is 2.99. The summed E-state index contributed by atoms with van der Waals surface area (Å²) >= 11 is 0. The molecule has 0 bridgehead atoms. The summed E-state index contributed by atoms with van der Waals surface area (Å²) in [6.45, 7) is 9.51. The van der Waals surface area contributed by atoms with Gasteiger partial charge in [-0.1, -0.05) is 64.1 Å². The average molecular weight is 611 g/mol. The Morgan fingerprint density at radius 1 is 0.682 bits per heavy atom. The van der Waals surface area contributed by atoms with Crippen molar-refractivity contribution < 1.29 is 29.3 Å². The molecule has 0 aromatic heterocycles. The summed E-state index contributed by atoms with van der Waals surface area (Å²) in [4.78, 5) is 23.5. The Labute approximate surface area is 264 Å². The van der Waals surface area contributed by atoms with Crippen LogP contribution in [0.25, 0.3) is 0 Å². The number of rotatable bonds is 18. The molecule has 0 spiro atoms. The van der Waals surface area contributed by atoms with Crippen LogP contribution < -0.4 is 20.1 Å². The number of hydrogen-bond acceptors (Lipinski definition) is 6. The molecule has 4 N–H and O–H groups in total. The number of benzene rings is 2. The molecule has 2 rings (SSSR count). The molecule has 0 atom stereocenters. The molecule has 0 fully saturated rings. The number of amides is 2. The van der Waals surface area contributed by atoms with Crippen molar-refractivity contribution in [1.82, 2.24) is 10.6 Å². The Bertz CT molecular complexity index is 1080. The van der Waals surface area contributed by atoms with Crippen molar-refractivity contribution in [1.29, 1.82) is 0 Å². The summed E-state index contributed by atoms with van der Waals surface area (Å²) in [7, 11) is 3.01. The van der Waals surface area contributed by atoms with E-state index in [9.17, 15) is 19.8 Å². The fourth-order valence-electron chi connectivity index (χ4n) is 4.07. The number of carbonyl (C=O) groups is 2. The van der Waals surface area contributed by atoms with Crippen LogP contribution in [-0.2, 0) is 22.7 Å². The number of ether oxygens (including phenoxy) is 2. The van der Waals surface area contributed by atoms with Crippen LogP contribution in [0.1, 0.15) is 90.2 Å². The maximum absolute atomic E-state index is 11.8. The number of methoxy groups -OCH3 is 2. The lowest BCUT2D eigenvalue weighted by atomic mass is 10.1. The molecule has 0 heterocycles. The molecular formula is C36H54N2O6. The fourth-order valence-corrected chi connectivity index (χ4v) is 4.07. The summed E-state index contributed by atoms with van der Waals surface area (Å²) < 4.78 is 10.1. The number of carbonyl (C=O) groups excluding carboxylic acids is 2. The Hall–Kier alpha value is -3.94. The largest absolute Gasteiger partial charge is 0.504 e. The third-order valence-corrected chi connectivity index (χ3v) is 6.56. The van der Waals surface area contributed by atoms with E-state index in [1.807, 2.05) is 0 Å². The molecule has 0 aliphatic carbocycles. The third kappa shape index (κ3) is 17.9. The first-order chi connectivity index (χ1) is 21.0. The topological polar surface area (TPSA) is 117 Å². The number of phenolic OH excluding ortho intramolecular Hbond substituents is 2. The van der Waals surface area contributed by atoms with E-state index in [0.717, 1.165) is 49.7 Å². The maximum Gasteiger partial charge on any atom is 0.220 e. The molecule has 44 heavy (non-hydrogen) atoms. The van der Waals surface area contributed by atoms with Gasteiger partial charge in [0.1, 0.15) is 0 Å². The van der Waals surface area contributed by atoms with E-state index in [2.05, 4.69) is 62.6 Å². The highest BCUT2D eigenvalue weighted by Gasteiger charge is 2.06. The van der Waals surface area contributed by atoms with Gasteiger partial charge in [-0.25, -0.2) is 0 Å². The normalized spacial score (nSPS) is 11.1. The number of phenols is 2. The number of unbranched alkanes of at least 4 members (excludes halogenated alkanes) is 4. The van der Waals surface area contributed by atoms with Gasteiger partial charge in [-0.15, -0.1) is 0 Å². The molecule has 0 radical (unpaired) electrons. The van der Waals surface area contributed by atoms with E-state index in [0.29, 0.717) is 49.3 Å². The zero-order valence-corrected chi connectivity index (χ0v) is 27.5. The second-order valence-corrected chi connectivity index (χ2v) is 11.4. The molecule has 8 nitrogen and oxygen atoms in total. The molecule has 0 saturated carbocycles. The van der Waals surface area contributed by atoms with E-state index in [-0.39, 0.29) is 23.3 Å². The van der Waals surface area contributed by atoms with Gasteiger partial charge in [0.2, 0.25) is 11.8 Å². The minimum Gasteiger partial charge on any atom is -0.504 e. The molecule has 244 valence electrons. The molecule has 2 aromatic rings. The van der Waals surface area contributed by atoms with Gasteiger partial charge in [-0.2, -0.15) is 0 Å². The van der Waals surface area contributed by atoms with E-state index < -0.39 is 0 Å². The van der Waals surface area contributed by atoms with Crippen molar-refractivity contribution in [2.45, 2.75) is 92.2 Å². The maximum atomic E-state index is 11.8. The van der Waals surface area contributed by atoms with Crippen LogP contribution in [-0.4, -0.2) is 36.2 Å². The van der Waals surface area contributed by atoms with E-state index >= 15 is 0 Å². The van der Waals surface area contributed by atoms with Crippen LogP contribution in [0.2, 0.25) is 0 Å². The molecule has 0 unspecified atom stereocenters. The van der Waals surface area contributed by atoms with E-state index in [1.54, 1.807) is 36.4 Å². The predicted octanol–water partition coefficient (Wildman–Crippen LogP) is 7.58. The zero-order chi connectivity index (χ0) is 32.7.